The number of nitrogens with one attached hydrogen (secondary N) is 1. The average Bonchev–Trinajstić information content (AvgIpc) is 2.41. The van der Waals surface area contributed by atoms with E-state index in [1.165, 1.54) is 0 Å². The summed E-state index contributed by atoms with van der Waals surface area (Å²) < 4.78 is 31.3. The third-order valence-electron chi connectivity index (χ3n) is 2.07. The maximum Gasteiger partial charge on any atom is 0.407 e. The second-order valence-corrected chi connectivity index (χ2v) is 5.69. The van der Waals surface area contributed by atoms with Crippen molar-refractivity contribution in [1.29, 1.82) is 0 Å². The number of benzene rings is 1. The van der Waals surface area contributed by atoms with Gasteiger partial charge in [0, 0.05) is 0 Å². The highest BCUT2D eigenvalue weighted by atomic mass is 32.2. The summed E-state index contributed by atoms with van der Waals surface area (Å²) in [4.78, 5) is 11.4. The molecule has 6 nitrogen and oxygen atoms in total. The van der Waals surface area contributed by atoms with E-state index < -0.39 is 22.3 Å². The van der Waals surface area contributed by atoms with Crippen molar-refractivity contribution < 1.29 is 22.1 Å². The third kappa shape index (κ3) is 7.17. The van der Waals surface area contributed by atoms with E-state index >= 15 is 0 Å². The zero-order valence-electron chi connectivity index (χ0n) is 10.7. The Morgan fingerprint density at radius 3 is 2.60 bits per heavy atom. The highest BCUT2D eigenvalue weighted by Crippen LogP contribution is 2.01. The summed E-state index contributed by atoms with van der Waals surface area (Å²) in [6.07, 6.45) is -0.828. The van der Waals surface area contributed by atoms with Crippen LogP contribution in [0.4, 0.5) is 4.79 Å². The molecule has 20 heavy (non-hydrogen) atoms. The molecule has 1 radical (unpaired) electrons. The highest BCUT2D eigenvalue weighted by molar-refractivity contribution is 7.86. The van der Waals surface area contributed by atoms with Crippen molar-refractivity contribution in [2.45, 2.75) is 12.7 Å². The molecule has 0 bridgehead atoms. The van der Waals surface area contributed by atoms with Gasteiger partial charge in [0.25, 0.3) is 10.1 Å². The average molecular weight is 316 g/mol. The maximum absolute atomic E-state index is 11.4. The van der Waals surface area contributed by atoms with Gasteiger partial charge >= 0.3 is 6.09 Å². The minimum atomic E-state index is -3.66. The van der Waals surface area contributed by atoms with Crippen molar-refractivity contribution in [3.63, 3.8) is 0 Å². The molecule has 0 heterocycles. The molecule has 1 N–H and O–H groups in total. The normalized spacial score (nSPS) is 12.4. The van der Waals surface area contributed by atoms with Gasteiger partial charge in [0.1, 0.15) is 12.7 Å². The molecule has 1 aromatic carbocycles. The van der Waals surface area contributed by atoms with Crippen LogP contribution in [-0.2, 0) is 25.6 Å². The van der Waals surface area contributed by atoms with E-state index in [2.05, 4.69) is 27.1 Å². The second-order valence-electron chi connectivity index (χ2n) is 3.85. The zero-order valence-corrected chi connectivity index (χ0v) is 12.4. The molecule has 1 rings (SSSR count). The Bertz CT molecular complexity index is 544. The van der Waals surface area contributed by atoms with Crippen LogP contribution in [0.3, 0.4) is 0 Å². The number of ether oxygens (including phenoxy) is 1. The van der Waals surface area contributed by atoms with Crippen molar-refractivity contribution in [1.82, 2.24) is 5.32 Å². The van der Waals surface area contributed by atoms with Gasteiger partial charge in [0.2, 0.25) is 0 Å². The van der Waals surface area contributed by atoms with E-state index in [1.54, 1.807) is 0 Å². The fourth-order valence-electron chi connectivity index (χ4n) is 1.26. The molecule has 0 aliphatic carbocycles. The molecule has 0 fully saturated rings. The lowest BCUT2D eigenvalue weighted by Crippen LogP contribution is -2.35. The van der Waals surface area contributed by atoms with Crippen LogP contribution in [0.15, 0.2) is 30.3 Å². The molecular weight excluding hydrogens is 302 g/mol. The first-order valence-corrected chi connectivity index (χ1v) is 7.83. The lowest BCUT2D eigenvalue weighted by atomic mass is 10.2. The van der Waals surface area contributed by atoms with Crippen molar-refractivity contribution in [3.8, 4) is 0 Å². The Kier molecular flexibility index (Phi) is 6.56. The van der Waals surface area contributed by atoms with Gasteiger partial charge in [-0.2, -0.15) is 8.42 Å². The van der Waals surface area contributed by atoms with Gasteiger partial charge in [0.15, 0.2) is 0 Å². The molecule has 0 aromatic heterocycles. The van der Waals surface area contributed by atoms with E-state index in [1.807, 2.05) is 30.3 Å². The summed E-state index contributed by atoms with van der Waals surface area (Å²) in [5, 5.41) is 4.55. The first-order valence-electron chi connectivity index (χ1n) is 5.61. The Labute approximate surface area is 123 Å². The molecule has 0 spiro atoms. The standard InChI is InChI=1S/C12H14NO5S2/c1-20(15,16)18-11(9-19)7-13-12(14)17-8-10-5-3-2-4-6-10/h2-6,11H,7-8H2,1H3,(H,13,14). The van der Waals surface area contributed by atoms with Gasteiger partial charge < -0.3 is 10.1 Å². The number of carbonyl (C=O) groups is 1. The lowest BCUT2D eigenvalue weighted by Gasteiger charge is -2.12. The molecule has 0 aliphatic heterocycles. The molecule has 0 aliphatic rings. The molecule has 1 aromatic rings. The molecule has 8 heteroatoms. The van der Waals surface area contributed by atoms with Crippen molar-refractivity contribution in [3.05, 3.63) is 35.9 Å². The van der Waals surface area contributed by atoms with Gasteiger partial charge in [0.05, 0.1) is 18.2 Å². The molecule has 109 valence electrons. The largest absolute Gasteiger partial charge is 0.445 e. The van der Waals surface area contributed by atoms with Crippen LogP contribution in [-0.4, -0.2) is 38.8 Å². The van der Waals surface area contributed by atoms with Crippen LogP contribution in [0.5, 0.6) is 0 Å². The number of hydrogen-bond donors (Lipinski definition) is 1. The number of rotatable bonds is 7. The van der Waals surface area contributed by atoms with E-state index in [-0.39, 0.29) is 13.2 Å². The minimum Gasteiger partial charge on any atom is -0.445 e. The molecule has 1 atom stereocenters. The van der Waals surface area contributed by atoms with Gasteiger partial charge in [-0.15, -0.1) is 0 Å². The number of carbonyl (C=O) groups excluding carboxylic acids is 1. The number of amides is 1. The maximum atomic E-state index is 11.4. The predicted octanol–water partition coefficient (Wildman–Crippen LogP) is 1.13. The quantitative estimate of drug-likeness (QED) is 0.600. The predicted molar refractivity (Wildman–Crippen MR) is 76.9 cm³/mol. The van der Waals surface area contributed by atoms with Crippen LogP contribution in [0, 0.1) is 0 Å². The molecule has 0 saturated heterocycles. The summed E-state index contributed by atoms with van der Waals surface area (Å²) in [6.45, 7) is -0.0181. The van der Waals surface area contributed by atoms with Gasteiger partial charge in [-0.05, 0) is 5.56 Å². The topological polar surface area (TPSA) is 81.7 Å². The fraction of sp³-hybridized carbons (Fsp3) is 0.333. The van der Waals surface area contributed by atoms with Gasteiger partial charge in [-0.3, -0.25) is 4.18 Å². The van der Waals surface area contributed by atoms with Gasteiger partial charge in [-0.25, -0.2) is 4.79 Å². The summed E-state index contributed by atoms with van der Waals surface area (Å²) in [5.74, 6) is 0. The van der Waals surface area contributed by atoms with Crippen LogP contribution in [0.25, 0.3) is 0 Å². The van der Waals surface area contributed by atoms with Crippen molar-refractivity contribution in [2.75, 3.05) is 12.8 Å². The van der Waals surface area contributed by atoms with Crippen molar-refractivity contribution in [2.24, 2.45) is 0 Å². The SMILES string of the molecule is CS(=O)(=O)OC([C]=S)CNC(=O)OCc1ccccc1. The fourth-order valence-corrected chi connectivity index (χ4v) is 1.99. The van der Waals surface area contributed by atoms with Crippen LogP contribution >= 0.6 is 12.2 Å². The summed E-state index contributed by atoms with van der Waals surface area (Å²) in [5.41, 5.74) is 0.841. The third-order valence-corrected chi connectivity index (χ3v) is 2.91. The summed E-state index contributed by atoms with van der Waals surface area (Å²) in [7, 11) is -3.66. The smallest absolute Gasteiger partial charge is 0.407 e. The van der Waals surface area contributed by atoms with E-state index in [4.69, 9.17) is 4.74 Å². The Morgan fingerprint density at radius 1 is 1.40 bits per heavy atom. The second kappa shape index (κ2) is 7.93. The number of alkyl carbamates (subject to hydrolysis) is 1. The van der Waals surface area contributed by atoms with Crippen LogP contribution in [0.2, 0.25) is 0 Å². The lowest BCUT2D eigenvalue weighted by molar-refractivity contribution is 0.136. The van der Waals surface area contributed by atoms with E-state index in [0.717, 1.165) is 11.8 Å². The molecule has 1 amide bonds. The highest BCUT2D eigenvalue weighted by Gasteiger charge is 2.15. The van der Waals surface area contributed by atoms with Gasteiger partial charge in [-0.1, -0.05) is 42.5 Å². The summed E-state index contributed by atoms with van der Waals surface area (Å²) in [6, 6.07) is 9.13. The Morgan fingerprint density at radius 2 is 2.05 bits per heavy atom. The summed E-state index contributed by atoms with van der Waals surface area (Å²) >= 11 is 4.50. The zero-order chi connectivity index (χ0) is 15.0. The minimum absolute atomic E-state index is 0.117. The number of hydrogen-bond acceptors (Lipinski definition) is 6. The monoisotopic (exact) mass is 316 g/mol. The Balaban J connectivity index is 2.33. The first kappa shape index (κ1) is 16.5. The molecule has 1 unspecified atom stereocenters. The van der Waals surface area contributed by atoms with E-state index in [0.29, 0.717) is 0 Å². The first-order chi connectivity index (χ1) is 9.40. The van der Waals surface area contributed by atoms with Crippen molar-refractivity contribution >= 4 is 33.8 Å². The molecule has 0 saturated carbocycles. The number of thiocarbonyl (C=S) groups is 1. The molecular formula is C12H14NO5S2. The van der Waals surface area contributed by atoms with Crippen LogP contribution in [0.1, 0.15) is 5.56 Å². The van der Waals surface area contributed by atoms with E-state index in [9.17, 15) is 13.2 Å². The Hall–Kier alpha value is -1.51. The van der Waals surface area contributed by atoms with Crippen LogP contribution < -0.4 is 5.32 Å².